The minimum atomic E-state index is -4.63. The molecular formula is C46H79O10P. The number of hydrogen-bond donors (Lipinski definition) is 3. The van der Waals surface area contributed by atoms with Crippen LogP contribution in [0.1, 0.15) is 168 Å². The van der Waals surface area contributed by atoms with Gasteiger partial charge in [-0.3, -0.25) is 18.6 Å². The first-order valence-corrected chi connectivity index (χ1v) is 23.4. The van der Waals surface area contributed by atoms with Crippen LogP contribution in [-0.2, 0) is 32.7 Å². The van der Waals surface area contributed by atoms with Gasteiger partial charge >= 0.3 is 19.8 Å². The second-order valence-corrected chi connectivity index (χ2v) is 15.8. The summed E-state index contributed by atoms with van der Waals surface area (Å²) < 4.78 is 32.7. The van der Waals surface area contributed by atoms with Gasteiger partial charge in [-0.1, -0.05) is 145 Å². The average molecular weight is 823 g/mol. The third-order valence-corrected chi connectivity index (χ3v) is 9.80. The van der Waals surface area contributed by atoms with Crippen LogP contribution in [0.3, 0.4) is 0 Å². The summed E-state index contributed by atoms with van der Waals surface area (Å²) in [6.07, 6.45) is 47.3. The van der Waals surface area contributed by atoms with Gasteiger partial charge in [-0.05, 0) is 83.5 Å². The fraction of sp³-hybridized carbons (Fsp3) is 0.696. The lowest BCUT2D eigenvalue weighted by Gasteiger charge is -2.20. The van der Waals surface area contributed by atoms with Crippen LogP contribution in [0.4, 0.5) is 0 Å². The first-order chi connectivity index (χ1) is 27.7. The zero-order valence-corrected chi connectivity index (χ0v) is 36.4. The number of phosphoric acid groups is 1. The summed E-state index contributed by atoms with van der Waals surface area (Å²) in [5.74, 6) is -0.983. The number of unbranched alkanes of at least 4 members (excludes halogenated alkanes) is 14. The van der Waals surface area contributed by atoms with Gasteiger partial charge in [0.05, 0.1) is 19.8 Å². The van der Waals surface area contributed by atoms with Crippen molar-refractivity contribution >= 4 is 19.8 Å². The van der Waals surface area contributed by atoms with E-state index < -0.39 is 51.8 Å². The fourth-order valence-electron chi connectivity index (χ4n) is 5.48. The highest BCUT2D eigenvalue weighted by Gasteiger charge is 2.27. The minimum absolute atomic E-state index is 0.128. The summed E-state index contributed by atoms with van der Waals surface area (Å²) >= 11 is 0. The van der Waals surface area contributed by atoms with E-state index in [9.17, 15) is 24.2 Å². The predicted molar refractivity (Wildman–Crippen MR) is 233 cm³/mol. The number of carbonyl (C=O) groups excluding carboxylic acids is 2. The highest BCUT2D eigenvalue weighted by molar-refractivity contribution is 7.47. The highest BCUT2D eigenvalue weighted by atomic mass is 31.2. The SMILES string of the molecule is CC/C=C/C/C=C/C/C=C/C/C=C/CCCCC(=O)O[C@H](COC(=O)CCCCCCCCCCC/C=C/C/C=C/CCCCC)COP(=O)(O)OC[C@@H](O)CO. The van der Waals surface area contributed by atoms with Crippen molar-refractivity contribution in [2.45, 2.75) is 180 Å². The molecule has 0 fully saturated rings. The molecule has 10 nitrogen and oxygen atoms in total. The van der Waals surface area contributed by atoms with E-state index in [0.717, 1.165) is 70.6 Å². The second kappa shape index (κ2) is 41.6. The molecule has 0 heterocycles. The predicted octanol–water partition coefficient (Wildman–Crippen LogP) is 11.7. The Morgan fingerprint density at radius 2 is 0.965 bits per heavy atom. The molecule has 0 aliphatic rings. The average Bonchev–Trinajstić information content (AvgIpc) is 3.20. The molecule has 0 aromatic rings. The van der Waals surface area contributed by atoms with Crippen LogP contribution in [0, 0.1) is 0 Å². The van der Waals surface area contributed by atoms with Crippen molar-refractivity contribution in [1.82, 2.24) is 0 Å². The molecule has 3 N–H and O–H groups in total. The largest absolute Gasteiger partial charge is 0.472 e. The number of allylic oxidation sites excluding steroid dienone is 12. The zero-order valence-electron chi connectivity index (χ0n) is 35.5. The van der Waals surface area contributed by atoms with Gasteiger partial charge in [0.15, 0.2) is 6.10 Å². The smallest absolute Gasteiger partial charge is 0.462 e. The molecule has 0 aliphatic heterocycles. The highest BCUT2D eigenvalue weighted by Crippen LogP contribution is 2.43. The summed E-state index contributed by atoms with van der Waals surface area (Å²) in [5, 5.41) is 18.3. The molecule has 3 atom stereocenters. The van der Waals surface area contributed by atoms with E-state index >= 15 is 0 Å². The molecule has 328 valence electrons. The molecule has 0 spiro atoms. The topological polar surface area (TPSA) is 149 Å². The van der Waals surface area contributed by atoms with Crippen molar-refractivity contribution in [1.29, 1.82) is 0 Å². The summed E-state index contributed by atoms with van der Waals surface area (Å²) in [7, 11) is -4.63. The molecule has 57 heavy (non-hydrogen) atoms. The van der Waals surface area contributed by atoms with Crippen LogP contribution < -0.4 is 0 Å². The quantitative estimate of drug-likeness (QED) is 0.0236. The number of carbonyl (C=O) groups is 2. The molecule has 0 aromatic carbocycles. The van der Waals surface area contributed by atoms with E-state index in [-0.39, 0.29) is 19.4 Å². The Kier molecular flexibility index (Phi) is 39.7. The Hall–Kier alpha value is -2.59. The Morgan fingerprint density at radius 3 is 1.49 bits per heavy atom. The molecule has 0 saturated heterocycles. The summed E-state index contributed by atoms with van der Waals surface area (Å²) in [5.41, 5.74) is 0. The minimum Gasteiger partial charge on any atom is -0.462 e. The molecule has 0 rings (SSSR count). The van der Waals surface area contributed by atoms with E-state index in [1.54, 1.807) is 0 Å². The van der Waals surface area contributed by atoms with Crippen LogP contribution in [-0.4, -0.2) is 65.7 Å². The van der Waals surface area contributed by atoms with E-state index in [1.165, 1.54) is 57.8 Å². The van der Waals surface area contributed by atoms with Crippen LogP contribution in [0.25, 0.3) is 0 Å². The van der Waals surface area contributed by atoms with Crippen molar-refractivity contribution in [2.24, 2.45) is 0 Å². The van der Waals surface area contributed by atoms with Crippen molar-refractivity contribution in [3.63, 3.8) is 0 Å². The van der Waals surface area contributed by atoms with Crippen LogP contribution >= 0.6 is 7.82 Å². The number of rotatable bonds is 40. The molecule has 0 aliphatic carbocycles. The zero-order chi connectivity index (χ0) is 41.9. The summed E-state index contributed by atoms with van der Waals surface area (Å²) in [6.45, 7) is 2.18. The van der Waals surface area contributed by atoms with E-state index in [1.807, 2.05) is 0 Å². The van der Waals surface area contributed by atoms with Crippen LogP contribution in [0.15, 0.2) is 72.9 Å². The third kappa shape index (κ3) is 41.4. The summed E-state index contributed by atoms with van der Waals surface area (Å²) in [4.78, 5) is 35.0. The molecular weight excluding hydrogens is 743 g/mol. The number of aliphatic hydroxyl groups excluding tert-OH is 2. The maximum Gasteiger partial charge on any atom is 0.472 e. The second-order valence-electron chi connectivity index (χ2n) is 14.3. The Labute approximate surface area is 346 Å². The van der Waals surface area contributed by atoms with Gasteiger partial charge in [-0.2, -0.15) is 0 Å². The molecule has 1 unspecified atom stereocenters. The van der Waals surface area contributed by atoms with E-state index in [0.29, 0.717) is 12.8 Å². The number of hydrogen-bond acceptors (Lipinski definition) is 9. The first kappa shape index (κ1) is 54.4. The van der Waals surface area contributed by atoms with Crippen LogP contribution in [0.2, 0.25) is 0 Å². The van der Waals surface area contributed by atoms with E-state index in [2.05, 4.69) is 91.3 Å². The maximum atomic E-state index is 12.6. The third-order valence-electron chi connectivity index (χ3n) is 8.84. The van der Waals surface area contributed by atoms with Crippen LogP contribution in [0.5, 0.6) is 0 Å². The van der Waals surface area contributed by atoms with Crippen molar-refractivity contribution in [2.75, 3.05) is 26.4 Å². The summed E-state index contributed by atoms with van der Waals surface area (Å²) in [6, 6.07) is 0. The van der Waals surface area contributed by atoms with E-state index in [4.69, 9.17) is 19.1 Å². The molecule has 0 amide bonds. The molecule has 0 aromatic heterocycles. The number of phosphoric ester groups is 1. The molecule has 0 radical (unpaired) electrons. The Morgan fingerprint density at radius 1 is 0.544 bits per heavy atom. The normalized spacial score (nSPS) is 14.5. The molecule has 11 heteroatoms. The number of aliphatic hydroxyl groups is 2. The van der Waals surface area contributed by atoms with Gasteiger partial charge in [-0.15, -0.1) is 0 Å². The fourth-order valence-corrected chi connectivity index (χ4v) is 6.27. The molecule has 0 bridgehead atoms. The lowest BCUT2D eigenvalue weighted by Crippen LogP contribution is -2.29. The Bertz CT molecular complexity index is 1180. The van der Waals surface area contributed by atoms with Gasteiger partial charge in [0.25, 0.3) is 0 Å². The monoisotopic (exact) mass is 823 g/mol. The first-order valence-electron chi connectivity index (χ1n) is 21.9. The molecule has 0 saturated carbocycles. The number of ether oxygens (including phenoxy) is 2. The standard InChI is InChI=1S/C46H79O10P/c1-3-5-7-9-11-13-15-17-19-20-21-22-24-25-27-29-31-33-35-37-45(49)53-41-44(42-55-57(51,52)54-40-43(48)39-47)56-46(50)38-36-34-32-30-28-26-23-18-16-14-12-10-8-6-4-2/h6,8,11-14,17-19,23,28,30,43-44,47-48H,3-5,7,9-10,15-16,20-22,24-27,29,31-42H2,1-2H3,(H,51,52)/b8-6+,13-11+,14-12+,19-17+,23-18+,30-28+/t43-,44+/m0/s1. The van der Waals surface area contributed by atoms with Crippen molar-refractivity contribution < 1.29 is 47.8 Å². The van der Waals surface area contributed by atoms with Crippen molar-refractivity contribution in [3.8, 4) is 0 Å². The van der Waals surface area contributed by atoms with Gasteiger partial charge in [-0.25, -0.2) is 4.57 Å². The lowest BCUT2D eigenvalue weighted by molar-refractivity contribution is -0.161. The van der Waals surface area contributed by atoms with Gasteiger partial charge in [0, 0.05) is 12.8 Å². The van der Waals surface area contributed by atoms with Gasteiger partial charge in [0.1, 0.15) is 12.7 Å². The number of esters is 2. The van der Waals surface area contributed by atoms with Crippen molar-refractivity contribution in [3.05, 3.63) is 72.9 Å². The lowest BCUT2D eigenvalue weighted by atomic mass is 10.1. The van der Waals surface area contributed by atoms with Gasteiger partial charge in [0.2, 0.25) is 0 Å². The van der Waals surface area contributed by atoms with Gasteiger partial charge < -0.3 is 24.6 Å². The Balaban J connectivity index is 4.34. The maximum absolute atomic E-state index is 12.6.